The van der Waals surface area contributed by atoms with E-state index in [9.17, 15) is 23.7 Å². The van der Waals surface area contributed by atoms with Crippen molar-refractivity contribution < 1.29 is 13.7 Å². The Labute approximate surface area is 97.6 Å². The number of nitrogens with zero attached hydrogens (tertiary/aromatic N) is 2. The predicted octanol–water partition coefficient (Wildman–Crippen LogP) is 1.15. The fourth-order valence-electron chi connectivity index (χ4n) is 1.50. The molecule has 1 heterocycles. The molecule has 0 atom stereocenters. The number of halogens is 2. The normalized spacial score (nSPS) is 10.6. The summed E-state index contributed by atoms with van der Waals surface area (Å²) in [6.45, 7) is 0. The van der Waals surface area contributed by atoms with Crippen molar-refractivity contribution in [2.45, 2.75) is 0 Å². The number of nitrogens with one attached hydrogen (secondary N) is 2. The predicted molar refractivity (Wildman–Crippen MR) is 58.5 cm³/mol. The molecule has 0 unspecified atom stereocenters. The van der Waals surface area contributed by atoms with E-state index in [1.54, 1.807) is 0 Å². The van der Waals surface area contributed by atoms with Gasteiger partial charge in [-0.05, 0) is 0 Å². The van der Waals surface area contributed by atoms with Crippen LogP contribution in [0.3, 0.4) is 0 Å². The Bertz CT molecular complexity index is 713. The van der Waals surface area contributed by atoms with Gasteiger partial charge in [0.2, 0.25) is 5.82 Å². The van der Waals surface area contributed by atoms with Gasteiger partial charge in [-0.25, -0.2) is 9.37 Å². The minimum Gasteiger partial charge on any atom is -0.369 e. The number of aromatic nitrogens is 2. The molecule has 94 valence electrons. The first-order valence-electron chi connectivity index (χ1n) is 4.70. The number of nitro groups is 1. The highest BCUT2D eigenvalue weighted by molar-refractivity contribution is 5.85. The van der Waals surface area contributed by atoms with E-state index in [0.717, 1.165) is 0 Å². The topological polar surface area (TPSA) is 101 Å². The van der Waals surface area contributed by atoms with Gasteiger partial charge in [-0.1, -0.05) is 0 Å². The van der Waals surface area contributed by atoms with Crippen LogP contribution in [0.1, 0.15) is 0 Å². The summed E-state index contributed by atoms with van der Waals surface area (Å²) >= 11 is 0. The highest BCUT2D eigenvalue weighted by atomic mass is 19.2. The van der Waals surface area contributed by atoms with Crippen LogP contribution in [0, 0.1) is 21.7 Å². The van der Waals surface area contributed by atoms with Crippen LogP contribution in [-0.2, 0) is 0 Å². The average Bonchev–Trinajstić information content (AvgIpc) is 2.30. The zero-order chi connectivity index (χ0) is 13.4. The van der Waals surface area contributed by atoms with Crippen LogP contribution in [0.5, 0.6) is 0 Å². The number of rotatable bonds is 2. The fourth-order valence-corrected chi connectivity index (χ4v) is 1.50. The molecule has 1 aromatic heterocycles. The average molecular weight is 256 g/mol. The summed E-state index contributed by atoms with van der Waals surface area (Å²) in [4.78, 5) is 26.8. The molecule has 0 saturated heterocycles. The van der Waals surface area contributed by atoms with Crippen LogP contribution in [0.15, 0.2) is 10.9 Å². The minimum absolute atomic E-state index is 0.150. The van der Waals surface area contributed by atoms with Crippen molar-refractivity contribution in [2.75, 3.05) is 12.4 Å². The lowest BCUT2D eigenvalue weighted by Crippen LogP contribution is -2.15. The number of fused-ring (bicyclic) bond motifs is 1. The molecule has 0 aliphatic heterocycles. The van der Waals surface area contributed by atoms with Gasteiger partial charge in [0.1, 0.15) is 5.52 Å². The second-order valence-corrected chi connectivity index (χ2v) is 3.34. The Morgan fingerprint density at radius 1 is 1.50 bits per heavy atom. The molecule has 1 aromatic carbocycles. The van der Waals surface area contributed by atoms with E-state index in [2.05, 4.69) is 15.3 Å². The molecule has 2 N–H and O–H groups in total. The molecule has 2 aromatic rings. The number of aromatic amines is 1. The molecule has 0 aliphatic carbocycles. The Morgan fingerprint density at radius 2 is 2.17 bits per heavy atom. The highest BCUT2D eigenvalue weighted by Crippen LogP contribution is 2.27. The third-order valence-electron chi connectivity index (χ3n) is 2.28. The molecular formula is C9H6F2N4O3. The Morgan fingerprint density at radius 3 is 2.72 bits per heavy atom. The maximum absolute atomic E-state index is 13.3. The van der Waals surface area contributed by atoms with Crippen LogP contribution < -0.4 is 10.9 Å². The van der Waals surface area contributed by atoms with E-state index < -0.39 is 33.3 Å². The van der Waals surface area contributed by atoms with Crippen LogP contribution in [0.4, 0.5) is 20.3 Å². The molecule has 0 saturated carbocycles. The van der Waals surface area contributed by atoms with Gasteiger partial charge in [0.05, 0.1) is 10.4 Å². The summed E-state index contributed by atoms with van der Waals surface area (Å²) < 4.78 is 26.5. The van der Waals surface area contributed by atoms with Gasteiger partial charge in [0.25, 0.3) is 5.56 Å². The minimum atomic E-state index is -1.64. The molecule has 0 radical (unpaired) electrons. The monoisotopic (exact) mass is 256 g/mol. The van der Waals surface area contributed by atoms with Crippen molar-refractivity contribution in [3.8, 4) is 0 Å². The van der Waals surface area contributed by atoms with E-state index in [1.807, 2.05) is 0 Å². The Hall–Kier alpha value is -2.58. The summed E-state index contributed by atoms with van der Waals surface area (Å²) in [6.07, 6.45) is 0. The van der Waals surface area contributed by atoms with E-state index in [0.29, 0.717) is 6.07 Å². The quantitative estimate of drug-likeness (QED) is 0.620. The summed E-state index contributed by atoms with van der Waals surface area (Å²) in [5, 5.41) is 13.1. The third-order valence-corrected chi connectivity index (χ3v) is 2.28. The third kappa shape index (κ3) is 1.65. The SMILES string of the molecule is CNc1nc2cc(F)c(F)c([N+](=O)[O-])c2[nH]c1=O. The number of benzene rings is 1. The van der Waals surface area contributed by atoms with Crippen LogP contribution in [0.25, 0.3) is 11.0 Å². The number of H-pyrrole nitrogens is 1. The van der Waals surface area contributed by atoms with Crippen molar-refractivity contribution in [3.05, 3.63) is 38.2 Å². The summed E-state index contributed by atoms with van der Waals surface area (Å²) in [5.74, 6) is -3.19. The van der Waals surface area contributed by atoms with Crippen LogP contribution >= 0.6 is 0 Å². The second kappa shape index (κ2) is 4.02. The number of hydrogen-bond acceptors (Lipinski definition) is 5. The smallest absolute Gasteiger partial charge is 0.333 e. The Kier molecular flexibility index (Phi) is 2.66. The molecule has 0 aliphatic rings. The maximum atomic E-state index is 13.3. The van der Waals surface area contributed by atoms with Gasteiger partial charge in [-0.15, -0.1) is 0 Å². The number of hydrogen-bond donors (Lipinski definition) is 2. The van der Waals surface area contributed by atoms with Crippen molar-refractivity contribution in [2.24, 2.45) is 0 Å². The van der Waals surface area contributed by atoms with Gasteiger partial charge in [-0.3, -0.25) is 14.9 Å². The zero-order valence-electron chi connectivity index (χ0n) is 8.95. The van der Waals surface area contributed by atoms with Crippen molar-refractivity contribution in [1.29, 1.82) is 0 Å². The molecule has 2 rings (SSSR count). The van der Waals surface area contributed by atoms with Crippen molar-refractivity contribution in [1.82, 2.24) is 9.97 Å². The van der Waals surface area contributed by atoms with E-state index in [1.165, 1.54) is 7.05 Å². The number of nitro benzene ring substituents is 1. The molecule has 7 nitrogen and oxygen atoms in total. The summed E-state index contributed by atoms with van der Waals surface area (Å²) in [6, 6.07) is 0.675. The van der Waals surface area contributed by atoms with Gasteiger partial charge >= 0.3 is 5.69 Å². The number of anilines is 1. The lowest BCUT2D eigenvalue weighted by atomic mass is 10.2. The van der Waals surface area contributed by atoms with Gasteiger partial charge in [0.15, 0.2) is 11.6 Å². The molecule has 0 fully saturated rings. The van der Waals surface area contributed by atoms with E-state index >= 15 is 0 Å². The van der Waals surface area contributed by atoms with Crippen molar-refractivity contribution >= 4 is 22.5 Å². The largest absolute Gasteiger partial charge is 0.369 e. The van der Waals surface area contributed by atoms with Gasteiger partial charge in [-0.2, -0.15) is 4.39 Å². The summed E-state index contributed by atoms with van der Waals surface area (Å²) in [5.41, 5.74) is -2.58. The maximum Gasteiger partial charge on any atom is 0.333 e. The zero-order valence-corrected chi connectivity index (χ0v) is 8.95. The lowest BCUT2D eigenvalue weighted by Gasteiger charge is -2.03. The van der Waals surface area contributed by atoms with Crippen molar-refractivity contribution in [3.63, 3.8) is 0 Å². The van der Waals surface area contributed by atoms with E-state index in [4.69, 9.17) is 0 Å². The summed E-state index contributed by atoms with van der Waals surface area (Å²) in [7, 11) is 1.40. The van der Waals surface area contributed by atoms with E-state index in [-0.39, 0.29) is 11.3 Å². The van der Waals surface area contributed by atoms with Crippen LogP contribution in [0.2, 0.25) is 0 Å². The Balaban J connectivity index is 2.97. The van der Waals surface area contributed by atoms with Gasteiger partial charge in [0, 0.05) is 13.1 Å². The second-order valence-electron chi connectivity index (χ2n) is 3.34. The first-order valence-corrected chi connectivity index (χ1v) is 4.70. The molecule has 0 amide bonds. The molecule has 9 heteroatoms. The first-order chi connectivity index (χ1) is 8.45. The molecule has 18 heavy (non-hydrogen) atoms. The molecule has 0 bridgehead atoms. The lowest BCUT2D eigenvalue weighted by molar-refractivity contribution is -0.386. The highest BCUT2D eigenvalue weighted by Gasteiger charge is 2.25. The fraction of sp³-hybridized carbons (Fsp3) is 0.111. The molecule has 0 spiro atoms. The molecular weight excluding hydrogens is 250 g/mol. The van der Waals surface area contributed by atoms with Crippen LogP contribution in [-0.4, -0.2) is 21.9 Å². The standard InChI is InChI=1S/C9H6F2N4O3/c1-12-8-9(16)14-6-4(13-8)2-3(10)5(11)7(6)15(17)18/h2H,1H3,(H,12,13)(H,14,16). The first kappa shape index (κ1) is 11.9. The van der Waals surface area contributed by atoms with Gasteiger partial charge < -0.3 is 10.3 Å².